The maximum absolute atomic E-state index is 12.8. The predicted octanol–water partition coefficient (Wildman–Crippen LogP) is -0.946. The van der Waals surface area contributed by atoms with E-state index < -0.39 is 78.4 Å². The van der Waals surface area contributed by atoms with Crippen LogP contribution in [0.25, 0.3) is 0 Å². The number of nitrogens with zero attached hydrogens (tertiary/aromatic N) is 2. The number of anilines is 1. The highest BCUT2D eigenvalue weighted by molar-refractivity contribution is 5.90. The zero-order chi connectivity index (χ0) is 37.9. The van der Waals surface area contributed by atoms with E-state index in [1.807, 2.05) is 24.3 Å². The van der Waals surface area contributed by atoms with Gasteiger partial charge in [-0.2, -0.15) is 0 Å². The molecule has 0 radical (unpaired) electrons. The average molecular weight is 735 g/mol. The summed E-state index contributed by atoms with van der Waals surface area (Å²) >= 11 is 0. The minimum absolute atomic E-state index is 0.141. The second kappa shape index (κ2) is 19.5. The summed E-state index contributed by atoms with van der Waals surface area (Å²) < 4.78 is 18.4. The quantitative estimate of drug-likeness (QED) is 0.0765. The van der Waals surface area contributed by atoms with Gasteiger partial charge in [0.05, 0.1) is 12.1 Å². The summed E-state index contributed by atoms with van der Waals surface area (Å²) in [5.74, 6) is -0.988. The summed E-state index contributed by atoms with van der Waals surface area (Å²) in [5, 5.41) is 45.9. The summed E-state index contributed by atoms with van der Waals surface area (Å²) in [4.78, 5) is 53.3. The number of rotatable bonds is 20. The van der Waals surface area contributed by atoms with Crippen molar-refractivity contribution in [2.45, 2.75) is 126 Å². The maximum Gasteiger partial charge on any atom is 0.330 e. The monoisotopic (exact) mass is 734 g/mol. The molecule has 290 valence electrons. The van der Waals surface area contributed by atoms with Gasteiger partial charge >= 0.3 is 5.69 Å². The van der Waals surface area contributed by atoms with Crippen molar-refractivity contribution in [1.82, 2.24) is 14.5 Å². The van der Waals surface area contributed by atoms with Gasteiger partial charge in [0, 0.05) is 37.3 Å². The SMILES string of the molecule is CCCCCCCc1ccc(NC(=O)CCCN(C)[C@@H](C[C@H](O[C@@H]2O[C@H](CN)[C@@H](O)[C@H]2O)[C@H]2O[C@@H](n3ccc(=O)[nH]c3=O)C(O)[C@H]2O)C(N)=O)cc1. The van der Waals surface area contributed by atoms with Crippen LogP contribution in [-0.2, 0) is 30.2 Å². The van der Waals surface area contributed by atoms with E-state index >= 15 is 0 Å². The first kappa shape index (κ1) is 41.2. The molecule has 10 atom stereocenters. The van der Waals surface area contributed by atoms with Crippen molar-refractivity contribution in [1.29, 1.82) is 0 Å². The summed E-state index contributed by atoms with van der Waals surface area (Å²) in [6, 6.07) is 7.74. The number of aryl methyl sites for hydroxylation is 1. The van der Waals surface area contributed by atoms with Gasteiger partial charge < -0.3 is 51.4 Å². The van der Waals surface area contributed by atoms with E-state index in [-0.39, 0.29) is 31.8 Å². The Hall–Kier alpha value is -3.52. The van der Waals surface area contributed by atoms with Crippen LogP contribution in [0.15, 0.2) is 46.1 Å². The number of aliphatic hydroxyl groups is 4. The molecule has 0 saturated carbocycles. The number of benzene rings is 1. The standard InChI is InChI=1S/C35H54N6O11/c1-3-4-5-6-7-9-20-11-13-21(14-12-20)38-25(42)10-8-16-40(2)22(32(37)48)18-23(50-34-30(47)27(44)24(19-36)51-34)31-28(45)29(46)33(52-31)41-17-15-26(43)39-35(41)49/h11-15,17,22-24,27-31,33-34,44-47H,3-10,16,18-19,36H2,1-2H3,(H2,37,48)(H,38,42)(H,39,43,49)/t22-,23-,24+,27+,28+,29?,30+,31+,33+,34+/m0/s1. The highest BCUT2D eigenvalue weighted by atomic mass is 16.7. The number of aliphatic hydroxyl groups excluding tert-OH is 4. The van der Waals surface area contributed by atoms with E-state index in [9.17, 15) is 39.6 Å². The Morgan fingerprint density at radius 2 is 1.69 bits per heavy atom. The molecule has 0 spiro atoms. The molecule has 1 unspecified atom stereocenters. The fourth-order valence-electron chi connectivity index (χ4n) is 6.60. The number of hydrogen-bond donors (Lipinski definition) is 8. The fraction of sp³-hybridized carbons (Fsp3) is 0.657. The van der Waals surface area contributed by atoms with Crippen LogP contribution in [-0.4, -0.2) is 122 Å². The lowest BCUT2D eigenvalue weighted by Gasteiger charge is -2.34. The van der Waals surface area contributed by atoms with E-state index in [1.54, 1.807) is 11.9 Å². The van der Waals surface area contributed by atoms with Crippen molar-refractivity contribution in [3.05, 3.63) is 62.9 Å². The third kappa shape index (κ3) is 10.8. The van der Waals surface area contributed by atoms with Crippen LogP contribution in [0.2, 0.25) is 0 Å². The Labute approximate surface area is 301 Å². The topological polar surface area (TPSA) is 265 Å². The number of carbonyl (C=O) groups excluding carboxylic acids is 2. The predicted molar refractivity (Wildman–Crippen MR) is 189 cm³/mol. The van der Waals surface area contributed by atoms with E-state index in [4.69, 9.17) is 25.7 Å². The first-order valence-corrected chi connectivity index (χ1v) is 17.9. The molecule has 1 aromatic heterocycles. The van der Waals surface area contributed by atoms with E-state index in [1.165, 1.54) is 31.2 Å². The fourth-order valence-corrected chi connectivity index (χ4v) is 6.60. The van der Waals surface area contributed by atoms with Crippen LogP contribution < -0.4 is 28.0 Å². The lowest BCUT2D eigenvalue weighted by atomic mass is 9.97. The second-order valence-electron chi connectivity index (χ2n) is 13.6. The number of primary amides is 1. The van der Waals surface area contributed by atoms with Crippen molar-refractivity contribution < 1.29 is 44.2 Å². The van der Waals surface area contributed by atoms with E-state index in [0.717, 1.165) is 29.7 Å². The number of unbranched alkanes of at least 4 members (excludes halogenated alkanes) is 4. The lowest BCUT2D eigenvalue weighted by Crippen LogP contribution is -2.51. The van der Waals surface area contributed by atoms with Crippen LogP contribution in [0.3, 0.4) is 0 Å². The van der Waals surface area contributed by atoms with Crippen LogP contribution >= 0.6 is 0 Å². The summed E-state index contributed by atoms with van der Waals surface area (Å²) in [5.41, 5.74) is 11.8. The minimum Gasteiger partial charge on any atom is -0.387 e. The molecular formula is C35H54N6O11. The number of amides is 2. The number of nitrogens with one attached hydrogen (secondary N) is 2. The number of hydrogen-bond acceptors (Lipinski definition) is 13. The minimum atomic E-state index is -1.69. The molecule has 17 nitrogen and oxygen atoms in total. The van der Waals surface area contributed by atoms with E-state index in [0.29, 0.717) is 12.1 Å². The summed E-state index contributed by atoms with van der Waals surface area (Å²) in [6.07, 6.45) is -4.69. The van der Waals surface area contributed by atoms with Gasteiger partial charge in [0.2, 0.25) is 11.8 Å². The average Bonchev–Trinajstić information content (AvgIpc) is 3.55. The van der Waals surface area contributed by atoms with Crippen molar-refractivity contribution in [2.75, 3.05) is 25.5 Å². The number of ether oxygens (including phenoxy) is 3. The van der Waals surface area contributed by atoms with Gasteiger partial charge in [-0.05, 0) is 50.6 Å². The number of carbonyl (C=O) groups is 2. The molecule has 52 heavy (non-hydrogen) atoms. The summed E-state index contributed by atoms with van der Waals surface area (Å²) in [7, 11) is 1.62. The van der Waals surface area contributed by atoms with Gasteiger partial charge in [-0.1, -0.05) is 44.7 Å². The zero-order valence-corrected chi connectivity index (χ0v) is 29.7. The molecule has 0 aliphatic carbocycles. The molecule has 3 heterocycles. The Balaban J connectivity index is 1.40. The highest BCUT2D eigenvalue weighted by Gasteiger charge is 2.51. The Kier molecular flexibility index (Phi) is 15.5. The number of nitrogens with two attached hydrogens (primary N) is 2. The molecule has 2 aliphatic rings. The number of aromatic nitrogens is 2. The highest BCUT2D eigenvalue weighted by Crippen LogP contribution is 2.35. The van der Waals surface area contributed by atoms with Gasteiger partial charge in [0.15, 0.2) is 12.5 Å². The van der Waals surface area contributed by atoms with Gasteiger partial charge in [-0.15, -0.1) is 0 Å². The molecule has 4 rings (SSSR count). The van der Waals surface area contributed by atoms with Crippen molar-refractivity contribution in [2.24, 2.45) is 11.5 Å². The van der Waals surface area contributed by atoms with Gasteiger partial charge in [-0.25, -0.2) is 4.79 Å². The first-order valence-electron chi connectivity index (χ1n) is 17.9. The van der Waals surface area contributed by atoms with Crippen molar-refractivity contribution in [3.8, 4) is 0 Å². The van der Waals surface area contributed by atoms with Crippen molar-refractivity contribution >= 4 is 17.5 Å². The van der Waals surface area contributed by atoms with Gasteiger partial charge in [0.1, 0.15) is 36.6 Å². The van der Waals surface area contributed by atoms with Crippen LogP contribution in [0.5, 0.6) is 0 Å². The largest absolute Gasteiger partial charge is 0.387 e. The molecule has 1 aromatic carbocycles. The Morgan fingerprint density at radius 1 is 0.981 bits per heavy atom. The lowest BCUT2D eigenvalue weighted by molar-refractivity contribution is -0.224. The van der Waals surface area contributed by atoms with Crippen LogP contribution in [0.4, 0.5) is 5.69 Å². The normalized spacial score (nSPS) is 27.2. The smallest absolute Gasteiger partial charge is 0.330 e. The third-order valence-corrected chi connectivity index (χ3v) is 9.66. The number of aromatic amines is 1. The third-order valence-electron chi connectivity index (χ3n) is 9.66. The van der Waals surface area contributed by atoms with Crippen LogP contribution in [0, 0.1) is 0 Å². The number of H-pyrrole nitrogens is 1. The zero-order valence-electron chi connectivity index (χ0n) is 29.7. The molecule has 2 fully saturated rings. The van der Waals surface area contributed by atoms with Gasteiger partial charge in [-0.3, -0.25) is 28.8 Å². The van der Waals surface area contributed by atoms with Crippen molar-refractivity contribution in [3.63, 3.8) is 0 Å². The summed E-state index contributed by atoms with van der Waals surface area (Å²) in [6.45, 7) is 2.29. The second-order valence-corrected chi connectivity index (χ2v) is 13.6. The molecule has 2 amide bonds. The number of likely N-dealkylation sites (N-methyl/N-ethyl adjacent to an activating group) is 1. The van der Waals surface area contributed by atoms with E-state index in [2.05, 4.69) is 17.2 Å². The Bertz CT molecular complexity index is 1550. The van der Waals surface area contributed by atoms with Crippen LogP contribution in [0.1, 0.15) is 70.1 Å². The molecule has 2 aromatic rings. The molecule has 2 saturated heterocycles. The molecule has 0 bridgehead atoms. The molecule has 17 heteroatoms. The molecule has 2 aliphatic heterocycles. The maximum atomic E-state index is 12.8. The Morgan fingerprint density at radius 3 is 2.33 bits per heavy atom. The first-order chi connectivity index (χ1) is 24.8. The van der Waals surface area contributed by atoms with Gasteiger partial charge in [0.25, 0.3) is 5.56 Å². The molecule has 10 N–H and O–H groups in total. The molecular weight excluding hydrogens is 680 g/mol.